The Balaban J connectivity index is 2.44. The van der Waals surface area contributed by atoms with E-state index in [1.54, 1.807) is 0 Å². The minimum absolute atomic E-state index is 0.949. The van der Waals surface area contributed by atoms with E-state index < -0.39 is 0 Å². The fourth-order valence-electron chi connectivity index (χ4n) is 1.10. The van der Waals surface area contributed by atoms with Gasteiger partial charge in [0, 0.05) is 6.54 Å². The summed E-state index contributed by atoms with van der Waals surface area (Å²) in [7, 11) is 0. The van der Waals surface area contributed by atoms with Gasteiger partial charge in [-0.1, -0.05) is 48.9 Å². The quantitative estimate of drug-likeness (QED) is 0.694. The molecule has 0 aromatic heterocycles. The molecule has 1 heteroatoms. The summed E-state index contributed by atoms with van der Waals surface area (Å²) < 4.78 is 0. The number of rotatable bonds is 4. The highest BCUT2D eigenvalue weighted by Crippen LogP contribution is 2.04. The van der Waals surface area contributed by atoms with Crippen molar-refractivity contribution in [1.82, 2.24) is 5.32 Å². The van der Waals surface area contributed by atoms with Gasteiger partial charge in [0.25, 0.3) is 0 Å². The summed E-state index contributed by atoms with van der Waals surface area (Å²) in [4.78, 5) is 0. The normalized spacial score (nSPS) is 10.9. The van der Waals surface area contributed by atoms with Gasteiger partial charge in [-0.3, -0.25) is 0 Å². The number of aryl methyl sites for hydroxylation is 1. The number of hydrogen-bond donors (Lipinski definition) is 1. The smallest absolute Gasteiger partial charge is 0.0138 e. The first-order valence-corrected chi connectivity index (χ1v) is 4.77. The first kappa shape index (κ1) is 10.0. The predicted octanol–water partition coefficient (Wildman–Crippen LogP) is 2.62. The van der Waals surface area contributed by atoms with Crippen LogP contribution in [0.25, 0.3) is 6.08 Å². The maximum absolute atomic E-state index is 3.24. The summed E-state index contributed by atoms with van der Waals surface area (Å²) in [5.74, 6) is 0. The van der Waals surface area contributed by atoms with Crippen molar-refractivity contribution in [2.45, 2.75) is 13.8 Å². The van der Waals surface area contributed by atoms with Crippen molar-refractivity contribution in [1.29, 1.82) is 0 Å². The SMILES string of the molecule is CCNCC=Cc1ccc(C)cc1. The van der Waals surface area contributed by atoms with E-state index in [2.05, 4.69) is 55.6 Å². The van der Waals surface area contributed by atoms with E-state index in [9.17, 15) is 0 Å². The molecule has 0 aliphatic rings. The monoisotopic (exact) mass is 175 g/mol. The molecule has 0 spiro atoms. The van der Waals surface area contributed by atoms with Crippen LogP contribution in [-0.4, -0.2) is 13.1 Å². The van der Waals surface area contributed by atoms with Crippen LogP contribution in [0.5, 0.6) is 0 Å². The Hall–Kier alpha value is -1.08. The first-order valence-electron chi connectivity index (χ1n) is 4.77. The van der Waals surface area contributed by atoms with E-state index in [-0.39, 0.29) is 0 Å². The third kappa shape index (κ3) is 3.90. The van der Waals surface area contributed by atoms with Gasteiger partial charge in [-0.2, -0.15) is 0 Å². The zero-order valence-electron chi connectivity index (χ0n) is 8.38. The average Bonchev–Trinajstić information content (AvgIpc) is 2.15. The Labute approximate surface area is 80.5 Å². The van der Waals surface area contributed by atoms with Crippen LogP contribution in [0.15, 0.2) is 30.3 Å². The zero-order valence-corrected chi connectivity index (χ0v) is 8.38. The van der Waals surface area contributed by atoms with Crippen LogP contribution in [0.1, 0.15) is 18.1 Å². The van der Waals surface area contributed by atoms with Crippen molar-refractivity contribution in [2.75, 3.05) is 13.1 Å². The minimum Gasteiger partial charge on any atom is -0.314 e. The second-order valence-corrected chi connectivity index (χ2v) is 3.12. The Kier molecular flexibility index (Phi) is 4.27. The lowest BCUT2D eigenvalue weighted by Crippen LogP contribution is -2.11. The maximum atomic E-state index is 3.24. The number of hydrogen-bond acceptors (Lipinski definition) is 1. The summed E-state index contributed by atoms with van der Waals surface area (Å²) >= 11 is 0. The second-order valence-electron chi connectivity index (χ2n) is 3.12. The molecule has 1 rings (SSSR count). The van der Waals surface area contributed by atoms with Crippen LogP contribution in [-0.2, 0) is 0 Å². The van der Waals surface area contributed by atoms with Gasteiger partial charge in [-0.15, -0.1) is 0 Å². The Morgan fingerprint density at radius 3 is 2.54 bits per heavy atom. The van der Waals surface area contributed by atoms with Gasteiger partial charge in [0.05, 0.1) is 0 Å². The molecule has 0 bridgehead atoms. The molecular formula is C12H17N. The minimum atomic E-state index is 0.949. The van der Waals surface area contributed by atoms with E-state index >= 15 is 0 Å². The molecule has 0 aliphatic heterocycles. The molecule has 0 atom stereocenters. The van der Waals surface area contributed by atoms with Crippen molar-refractivity contribution >= 4 is 6.08 Å². The molecule has 1 N–H and O–H groups in total. The van der Waals surface area contributed by atoms with Gasteiger partial charge in [0.2, 0.25) is 0 Å². The standard InChI is InChI=1S/C12H17N/c1-3-13-10-4-5-12-8-6-11(2)7-9-12/h4-9,13H,3,10H2,1-2H3. The van der Waals surface area contributed by atoms with Crippen LogP contribution < -0.4 is 5.32 Å². The lowest BCUT2D eigenvalue weighted by molar-refractivity contribution is 0.801. The number of nitrogens with one attached hydrogen (secondary N) is 1. The summed E-state index contributed by atoms with van der Waals surface area (Å²) in [6.07, 6.45) is 4.29. The second kappa shape index (κ2) is 5.55. The van der Waals surface area contributed by atoms with Gasteiger partial charge in [-0.05, 0) is 19.0 Å². The van der Waals surface area contributed by atoms with Gasteiger partial charge in [0.15, 0.2) is 0 Å². The Bertz CT molecular complexity index is 259. The molecule has 0 amide bonds. The van der Waals surface area contributed by atoms with Gasteiger partial charge in [0.1, 0.15) is 0 Å². The highest BCUT2D eigenvalue weighted by molar-refractivity contribution is 5.49. The molecule has 13 heavy (non-hydrogen) atoms. The molecular weight excluding hydrogens is 158 g/mol. The predicted molar refractivity (Wildman–Crippen MR) is 58.8 cm³/mol. The van der Waals surface area contributed by atoms with Gasteiger partial charge in [-0.25, -0.2) is 0 Å². The van der Waals surface area contributed by atoms with Crippen molar-refractivity contribution < 1.29 is 0 Å². The molecule has 0 heterocycles. The summed E-state index contributed by atoms with van der Waals surface area (Å²) in [5.41, 5.74) is 2.58. The topological polar surface area (TPSA) is 12.0 Å². The molecule has 0 saturated heterocycles. The molecule has 0 unspecified atom stereocenters. The van der Waals surface area contributed by atoms with Gasteiger partial charge >= 0.3 is 0 Å². The summed E-state index contributed by atoms with van der Waals surface area (Å²) in [5, 5.41) is 3.24. The highest BCUT2D eigenvalue weighted by Gasteiger charge is 1.85. The zero-order chi connectivity index (χ0) is 9.52. The molecule has 0 radical (unpaired) electrons. The van der Waals surface area contributed by atoms with E-state index in [0.29, 0.717) is 0 Å². The average molecular weight is 175 g/mol. The lowest BCUT2D eigenvalue weighted by atomic mass is 10.1. The van der Waals surface area contributed by atoms with Crippen LogP contribution in [0, 0.1) is 6.92 Å². The summed E-state index contributed by atoms with van der Waals surface area (Å²) in [6, 6.07) is 8.54. The van der Waals surface area contributed by atoms with Crippen molar-refractivity contribution in [2.24, 2.45) is 0 Å². The first-order chi connectivity index (χ1) is 6.33. The van der Waals surface area contributed by atoms with E-state index in [0.717, 1.165) is 13.1 Å². The molecule has 0 aliphatic carbocycles. The maximum Gasteiger partial charge on any atom is 0.0138 e. The lowest BCUT2D eigenvalue weighted by Gasteiger charge is -1.95. The van der Waals surface area contributed by atoms with Crippen LogP contribution >= 0.6 is 0 Å². The number of likely N-dealkylation sites (N-methyl/N-ethyl adjacent to an activating group) is 1. The van der Waals surface area contributed by atoms with E-state index in [1.165, 1.54) is 11.1 Å². The Morgan fingerprint density at radius 2 is 1.92 bits per heavy atom. The van der Waals surface area contributed by atoms with Crippen LogP contribution in [0.4, 0.5) is 0 Å². The molecule has 70 valence electrons. The van der Waals surface area contributed by atoms with Crippen molar-refractivity contribution in [3.05, 3.63) is 41.5 Å². The Morgan fingerprint density at radius 1 is 1.23 bits per heavy atom. The molecule has 1 aromatic rings. The van der Waals surface area contributed by atoms with Crippen LogP contribution in [0.2, 0.25) is 0 Å². The van der Waals surface area contributed by atoms with Gasteiger partial charge < -0.3 is 5.32 Å². The largest absolute Gasteiger partial charge is 0.314 e. The molecule has 1 aromatic carbocycles. The fraction of sp³-hybridized carbons (Fsp3) is 0.333. The van der Waals surface area contributed by atoms with E-state index in [1.807, 2.05) is 0 Å². The third-order valence-electron chi connectivity index (χ3n) is 1.90. The summed E-state index contributed by atoms with van der Waals surface area (Å²) in [6.45, 7) is 6.19. The molecule has 1 nitrogen and oxygen atoms in total. The fourth-order valence-corrected chi connectivity index (χ4v) is 1.10. The van der Waals surface area contributed by atoms with Crippen molar-refractivity contribution in [3.63, 3.8) is 0 Å². The number of benzene rings is 1. The van der Waals surface area contributed by atoms with Crippen LogP contribution in [0.3, 0.4) is 0 Å². The molecule has 0 fully saturated rings. The van der Waals surface area contributed by atoms with E-state index in [4.69, 9.17) is 0 Å². The van der Waals surface area contributed by atoms with Crippen molar-refractivity contribution in [3.8, 4) is 0 Å². The molecule has 0 saturated carbocycles. The highest BCUT2D eigenvalue weighted by atomic mass is 14.8. The third-order valence-corrected chi connectivity index (χ3v) is 1.90.